The van der Waals surface area contributed by atoms with Gasteiger partial charge in [0.05, 0.1) is 27.1 Å². The molecule has 6 nitrogen and oxygen atoms in total. The van der Waals surface area contributed by atoms with Crippen LogP contribution >= 0.6 is 0 Å². The lowest BCUT2D eigenvalue weighted by atomic mass is 9.92. The van der Waals surface area contributed by atoms with E-state index in [1.807, 2.05) is 24.0 Å². The second-order valence-corrected chi connectivity index (χ2v) is 6.40. The molecule has 1 aliphatic rings. The molecule has 1 N–H and O–H groups in total. The number of H-pyrrole nitrogens is 1. The Bertz CT molecular complexity index is 954. The zero-order valence-corrected chi connectivity index (χ0v) is 13.8. The van der Waals surface area contributed by atoms with Gasteiger partial charge < -0.3 is 14.6 Å². The predicted molar refractivity (Wildman–Crippen MR) is 93.3 cm³/mol. The minimum atomic E-state index is -2.45. The van der Waals surface area contributed by atoms with Crippen LogP contribution in [-0.2, 0) is 11.2 Å². The largest absolute Gasteiger partial charge is 0.378 e. The van der Waals surface area contributed by atoms with Gasteiger partial charge in [0.2, 0.25) is 0 Å². The maximum absolute atomic E-state index is 12.4. The van der Waals surface area contributed by atoms with E-state index in [1.54, 1.807) is 13.1 Å². The molecule has 0 bridgehead atoms. The van der Waals surface area contributed by atoms with Crippen LogP contribution in [0.4, 0.5) is 5.69 Å². The molecule has 1 aliphatic heterocycles. The van der Waals surface area contributed by atoms with E-state index in [-0.39, 0.29) is 5.56 Å². The summed E-state index contributed by atoms with van der Waals surface area (Å²) in [5.74, 6) is 0. The lowest BCUT2D eigenvalue weighted by Gasteiger charge is -2.40. The number of methoxy groups -OCH3 is 1. The Morgan fingerprint density at radius 2 is 2.29 bits per heavy atom. The fourth-order valence-electron chi connectivity index (χ4n) is 3.15. The molecule has 1 fully saturated rings. The van der Waals surface area contributed by atoms with Crippen molar-refractivity contribution in [2.24, 2.45) is 0 Å². The summed E-state index contributed by atoms with van der Waals surface area (Å²) in [7, 11) is -2.45. The van der Waals surface area contributed by atoms with Gasteiger partial charge in [-0.25, -0.2) is 0 Å². The zero-order chi connectivity index (χ0) is 19.8. The predicted octanol–water partition coefficient (Wildman–Crippen LogP) is 2.36. The molecule has 1 saturated heterocycles. The number of hydrogen-bond donors (Lipinski definition) is 1. The van der Waals surface area contributed by atoms with Crippen molar-refractivity contribution in [3.05, 3.63) is 33.9 Å². The monoisotopic (exact) mass is 329 g/mol. The summed E-state index contributed by atoms with van der Waals surface area (Å²) in [5.41, 5.74) is 0.894. The molecular formula is C18H22N4O2. The normalized spacial score (nSPS) is 19.4. The van der Waals surface area contributed by atoms with Crippen molar-refractivity contribution in [1.82, 2.24) is 9.97 Å². The van der Waals surface area contributed by atoms with Crippen molar-refractivity contribution in [2.45, 2.75) is 38.7 Å². The number of pyridine rings is 2. The third-order valence-corrected chi connectivity index (χ3v) is 4.79. The highest BCUT2D eigenvalue weighted by Crippen LogP contribution is 2.33. The molecule has 3 rings (SSSR count). The van der Waals surface area contributed by atoms with Gasteiger partial charge in [0.25, 0.3) is 5.56 Å². The van der Waals surface area contributed by atoms with Crippen LogP contribution in [0.2, 0.25) is 0 Å². The second kappa shape index (κ2) is 6.25. The van der Waals surface area contributed by atoms with Gasteiger partial charge in [-0.15, -0.1) is 0 Å². The summed E-state index contributed by atoms with van der Waals surface area (Å²) in [5, 5.41) is 10.3. The van der Waals surface area contributed by atoms with Gasteiger partial charge in [-0.3, -0.25) is 9.78 Å². The van der Waals surface area contributed by atoms with Crippen molar-refractivity contribution in [3.63, 3.8) is 0 Å². The summed E-state index contributed by atoms with van der Waals surface area (Å²) < 4.78 is 27.3. The number of hydrogen-bond acceptors (Lipinski definition) is 5. The molecule has 6 heteroatoms. The topological polar surface area (TPSA) is 82.0 Å². The Morgan fingerprint density at radius 3 is 2.92 bits per heavy atom. The van der Waals surface area contributed by atoms with Crippen molar-refractivity contribution in [2.75, 3.05) is 25.0 Å². The van der Waals surface area contributed by atoms with E-state index in [1.165, 1.54) is 0 Å². The zero-order valence-electron chi connectivity index (χ0n) is 16.8. The third-order valence-electron chi connectivity index (χ3n) is 4.79. The molecule has 0 radical (unpaired) electrons. The Labute approximate surface area is 145 Å². The van der Waals surface area contributed by atoms with Crippen LogP contribution in [0.5, 0.6) is 0 Å². The van der Waals surface area contributed by atoms with E-state index >= 15 is 0 Å². The van der Waals surface area contributed by atoms with E-state index in [0.29, 0.717) is 37.1 Å². The summed E-state index contributed by atoms with van der Waals surface area (Å²) in [4.78, 5) is 21.4. The Morgan fingerprint density at radius 1 is 1.54 bits per heavy atom. The summed E-state index contributed by atoms with van der Waals surface area (Å²) in [6, 6.07) is 3.92. The molecule has 0 unspecified atom stereocenters. The van der Waals surface area contributed by atoms with E-state index in [0.717, 1.165) is 17.5 Å². The number of rotatable bonds is 3. The second-order valence-electron chi connectivity index (χ2n) is 6.40. The number of ether oxygens (including phenoxy) is 1. The van der Waals surface area contributed by atoms with E-state index in [4.69, 9.17) is 8.85 Å². The Balaban J connectivity index is 2.02. The summed E-state index contributed by atoms with van der Waals surface area (Å²) >= 11 is 0. The van der Waals surface area contributed by atoms with Gasteiger partial charge in [-0.2, -0.15) is 5.26 Å². The number of aryl methyl sites for hydroxylation is 1. The highest BCUT2D eigenvalue weighted by Gasteiger charge is 2.31. The summed E-state index contributed by atoms with van der Waals surface area (Å²) in [6.07, 6.45) is 3.32. The highest BCUT2D eigenvalue weighted by molar-refractivity contribution is 5.94. The van der Waals surface area contributed by atoms with Crippen molar-refractivity contribution < 1.29 is 8.85 Å². The number of fused-ring (bicyclic) bond motifs is 1. The van der Waals surface area contributed by atoms with Gasteiger partial charge in [0.1, 0.15) is 11.6 Å². The van der Waals surface area contributed by atoms with Gasteiger partial charge in [-0.1, -0.05) is 6.92 Å². The van der Waals surface area contributed by atoms with Crippen LogP contribution in [0, 0.1) is 11.3 Å². The van der Waals surface area contributed by atoms with Gasteiger partial charge >= 0.3 is 0 Å². The number of nitrogens with zero attached hydrogens (tertiary/aromatic N) is 3. The fraction of sp³-hybridized carbons (Fsp3) is 0.500. The lowest BCUT2D eigenvalue weighted by Crippen LogP contribution is -2.44. The maximum atomic E-state index is 12.4. The van der Waals surface area contributed by atoms with E-state index in [2.05, 4.69) is 9.97 Å². The van der Waals surface area contributed by atoms with Crippen LogP contribution in [0.3, 0.4) is 0 Å². The average Bonchev–Trinajstić information content (AvgIpc) is 2.59. The number of aromatic nitrogens is 2. The molecule has 0 spiro atoms. The first kappa shape index (κ1) is 13.0. The first-order valence-electron chi connectivity index (χ1n) is 9.56. The van der Waals surface area contributed by atoms with Gasteiger partial charge in [0.15, 0.2) is 0 Å². The number of piperidine rings is 1. The van der Waals surface area contributed by atoms with Crippen molar-refractivity contribution in [3.8, 4) is 6.07 Å². The molecule has 126 valence electrons. The standard InChI is InChI=1S/C18H22N4O2/c1-4-12-9-13-15(11-20-12)21-17(23)14(10-19)16(13)22-7-5-18(2,24-3)6-8-22/h9,11H,4-8H2,1-3H3,(H,21,23)/i3D3. The first-order chi connectivity index (χ1) is 12.7. The third kappa shape index (κ3) is 2.76. The smallest absolute Gasteiger partial charge is 0.268 e. The Hall–Kier alpha value is -2.39. The van der Waals surface area contributed by atoms with E-state index < -0.39 is 18.2 Å². The minimum absolute atomic E-state index is 0.0658. The molecule has 0 aromatic carbocycles. The molecule has 3 heterocycles. The van der Waals surface area contributed by atoms with Crippen LogP contribution < -0.4 is 10.5 Å². The maximum Gasteiger partial charge on any atom is 0.268 e. The molecule has 24 heavy (non-hydrogen) atoms. The van der Waals surface area contributed by atoms with Crippen LogP contribution in [-0.4, -0.2) is 35.7 Å². The van der Waals surface area contributed by atoms with Crippen LogP contribution in [0.1, 0.15) is 42.1 Å². The van der Waals surface area contributed by atoms with Crippen molar-refractivity contribution in [1.29, 1.82) is 5.26 Å². The number of anilines is 1. The van der Waals surface area contributed by atoms with Crippen molar-refractivity contribution >= 4 is 16.6 Å². The number of aromatic amines is 1. The lowest BCUT2D eigenvalue weighted by molar-refractivity contribution is -0.0132. The van der Waals surface area contributed by atoms with E-state index in [9.17, 15) is 10.1 Å². The minimum Gasteiger partial charge on any atom is -0.378 e. The quantitative estimate of drug-likeness (QED) is 0.935. The van der Waals surface area contributed by atoms with Gasteiger partial charge in [0, 0.05) is 31.2 Å². The molecule has 2 aromatic rings. The first-order valence-corrected chi connectivity index (χ1v) is 8.06. The molecule has 0 saturated carbocycles. The highest BCUT2D eigenvalue weighted by atomic mass is 16.5. The SMILES string of the molecule is [2H]C([2H])([2H])OC1(C)CCN(c2c(C#N)c(=O)[nH]c3cnc(CC)cc23)CC1. The molecular weight excluding hydrogens is 304 g/mol. The van der Waals surface area contributed by atoms with Crippen LogP contribution in [0.15, 0.2) is 17.1 Å². The molecule has 0 atom stereocenters. The van der Waals surface area contributed by atoms with Crippen LogP contribution in [0.25, 0.3) is 10.9 Å². The fourth-order valence-corrected chi connectivity index (χ4v) is 3.15. The number of nitrogens with one attached hydrogen (secondary N) is 1. The average molecular weight is 329 g/mol. The number of nitriles is 1. The molecule has 0 aliphatic carbocycles. The molecule has 0 amide bonds. The molecule has 2 aromatic heterocycles. The summed E-state index contributed by atoms with van der Waals surface area (Å²) in [6.45, 7) is 4.76. The van der Waals surface area contributed by atoms with Gasteiger partial charge in [-0.05, 0) is 32.3 Å². The Kier molecular flexibility index (Phi) is 3.38.